The summed E-state index contributed by atoms with van der Waals surface area (Å²) < 4.78 is 21.5. The molecule has 0 aromatic heterocycles. The summed E-state index contributed by atoms with van der Waals surface area (Å²) in [6.45, 7) is 5.08. The zero-order chi connectivity index (χ0) is 18.6. The van der Waals surface area contributed by atoms with Gasteiger partial charge in [-0.05, 0) is 50.9 Å². The number of unbranched alkanes of at least 4 members (excludes halogenated alkanes) is 1. The monoisotopic (exact) mass is 365 g/mol. The lowest BCUT2D eigenvalue weighted by molar-refractivity contribution is 0.0595. The molecule has 6 heteroatoms. The van der Waals surface area contributed by atoms with Crippen LogP contribution in [0.25, 0.3) is 0 Å². The number of methoxy groups -OCH3 is 2. The van der Waals surface area contributed by atoms with Crippen molar-refractivity contribution in [1.29, 1.82) is 0 Å². The van der Waals surface area contributed by atoms with Gasteiger partial charge in [0.15, 0.2) is 0 Å². The van der Waals surface area contributed by atoms with Gasteiger partial charge in [-0.2, -0.15) is 0 Å². The Morgan fingerprint density at radius 2 is 1.77 bits per heavy atom. The molecule has 1 aliphatic heterocycles. The largest absolute Gasteiger partial charge is 0.493 e. The molecule has 1 fully saturated rings. The molecule has 1 aromatic carbocycles. The average molecular weight is 365 g/mol. The van der Waals surface area contributed by atoms with Crippen molar-refractivity contribution in [3.63, 3.8) is 0 Å². The van der Waals surface area contributed by atoms with Gasteiger partial charge < -0.3 is 18.9 Å². The van der Waals surface area contributed by atoms with E-state index in [1.165, 1.54) is 26.4 Å². The summed E-state index contributed by atoms with van der Waals surface area (Å²) in [4.78, 5) is 14.4. The van der Waals surface area contributed by atoms with Crippen LogP contribution in [0.1, 0.15) is 42.5 Å². The number of rotatable bonds is 11. The lowest BCUT2D eigenvalue weighted by Gasteiger charge is -2.26. The fraction of sp³-hybridized carbons (Fsp3) is 0.650. The Morgan fingerprint density at radius 1 is 1.00 bits per heavy atom. The first-order valence-electron chi connectivity index (χ1n) is 9.44. The Hall–Kier alpha value is -1.79. The van der Waals surface area contributed by atoms with Crippen molar-refractivity contribution in [1.82, 2.24) is 4.90 Å². The zero-order valence-electron chi connectivity index (χ0n) is 16.0. The van der Waals surface area contributed by atoms with Crippen molar-refractivity contribution < 1.29 is 23.7 Å². The zero-order valence-corrected chi connectivity index (χ0v) is 16.0. The first kappa shape index (κ1) is 20.5. The van der Waals surface area contributed by atoms with Crippen molar-refractivity contribution in [2.24, 2.45) is 0 Å². The Morgan fingerprint density at radius 3 is 2.50 bits per heavy atom. The van der Waals surface area contributed by atoms with Gasteiger partial charge in [-0.1, -0.05) is 6.42 Å². The number of ether oxygens (including phenoxy) is 4. The third kappa shape index (κ3) is 6.84. The molecule has 0 amide bonds. The highest BCUT2D eigenvalue weighted by Gasteiger charge is 2.15. The summed E-state index contributed by atoms with van der Waals surface area (Å²) in [6, 6.07) is 5.27. The van der Waals surface area contributed by atoms with Crippen molar-refractivity contribution in [3.05, 3.63) is 23.8 Å². The maximum absolute atomic E-state index is 11.9. The standard InChI is InChI=1S/C20H31NO5/c1-23-13-6-7-14-26-19-16-17(8-9-18(19)20(22)24-2)25-15-12-21-10-4-3-5-11-21/h8-9,16H,3-7,10-15H2,1-2H3. The molecule has 146 valence electrons. The first-order chi connectivity index (χ1) is 12.7. The van der Waals surface area contributed by atoms with Gasteiger partial charge in [0.25, 0.3) is 0 Å². The molecular weight excluding hydrogens is 334 g/mol. The summed E-state index contributed by atoms with van der Waals surface area (Å²) >= 11 is 0. The topological polar surface area (TPSA) is 57.2 Å². The van der Waals surface area contributed by atoms with Crippen LogP contribution in [0, 0.1) is 0 Å². The molecule has 0 saturated carbocycles. The molecule has 1 aromatic rings. The Labute approximate surface area is 156 Å². The molecule has 0 unspecified atom stereocenters. The van der Waals surface area contributed by atoms with E-state index in [4.69, 9.17) is 18.9 Å². The maximum atomic E-state index is 11.9. The van der Waals surface area contributed by atoms with E-state index in [1.807, 2.05) is 0 Å². The SMILES string of the molecule is COCCCCOc1cc(OCCN2CCCCC2)ccc1C(=O)OC. The molecule has 0 atom stereocenters. The predicted octanol–water partition coefficient (Wildman–Crippen LogP) is 3.14. The second-order valence-electron chi connectivity index (χ2n) is 6.45. The van der Waals surface area contributed by atoms with Crippen LogP contribution in [0.4, 0.5) is 0 Å². The Balaban J connectivity index is 1.89. The smallest absolute Gasteiger partial charge is 0.341 e. The van der Waals surface area contributed by atoms with Gasteiger partial charge in [-0.25, -0.2) is 4.79 Å². The molecule has 1 aliphatic rings. The summed E-state index contributed by atoms with van der Waals surface area (Å²) in [5.41, 5.74) is 0.419. The van der Waals surface area contributed by atoms with Crippen molar-refractivity contribution in [2.45, 2.75) is 32.1 Å². The molecule has 0 radical (unpaired) electrons. The summed E-state index contributed by atoms with van der Waals surface area (Å²) in [7, 11) is 3.05. The van der Waals surface area contributed by atoms with Crippen molar-refractivity contribution in [2.75, 3.05) is 53.7 Å². The number of carbonyl (C=O) groups is 1. The van der Waals surface area contributed by atoms with Crippen LogP contribution >= 0.6 is 0 Å². The van der Waals surface area contributed by atoms with E-state index in [9.17, 15) is 4.79 Å². The number of piperidine rings is 1. The molecule has 6 nitrogen and oxygen atoms in total. The van der Waals surface area contributed by atoms with E-state index < -0.39 is 5.97 Å². The second kappa shape index (κ2) is 11.8. The number of benzene rings is 1. The second-order valence-corrected chi connectivity index (χ2v) is 6.45. The molecular formula is C20H31NO5. The van der Waals surface area contributed by atoms with Crippen LogP contribution in [0.3, 0.4) is 0 Å². The van der Waals surface area contributed by atoms with Gasteiger partial charge >= 0.3 is 5.97 Å². The molecule has 1 heterocycles. The van der Waals surface area contributed by atoms with Gasteiger partial charge in [0, 0.05) is 26.3 Å². The minimum Gasteiger partial charge on any atom is -0.493 e. The molecule has 0 bridgehead atoms. The predicted molar refractivity (Wildman–Crippen MR) is 100 cm³/mol. The number of nitrogens with zero attached hydrogens (tertiary/aromatic N) is 1. The number of esters is 1. The average Bonchev–Trinajstić information content (AvgIpc) is 2.68. The summed E-state index contributed by atoms with van der Waals surface area (Å²) in [5, 5.41) is 0. The van der Waals surface area contributed by atoms with Gasteiger partial charge in [0.05, 0.1) is 13.7 Å². The molecule has 0 aliphatic carbocycles. The Kier molecular flexibility index (Phi) is 9.28. The molecule has 2 rings (SSSR count). The van der Waals surface area contributed by atoms with Crippen LogP contribution in [0.5, 0.6) is 11.5 Å². The first-order valence-corrected chi connectivity index (χ1v) is 9.44. The van der Waals surface area contributed by atoms with Crippen LogP contribution in [0.2, 0.25) is 0 Å². The van der Waals surface area contributed by atoms with Gasteiger partial charge in [-0.3, -0.25) is 4.90 Å². The van der Waals surface area contributed by atoms with Crippen LogP contribution < -0.4 is 9.47 Å². The van der Waals surface area contributed by atoms with E-state index in [0.29, 0.717) is 36.9 Å². The Bertz CT molecular complexity index is 543. The number of likely N-dealkylation sites (tertiary alicyclic amines) is 1. The highest BCUT2D eigenvalue weighted by atomic mass is 16.5. The number of hydrogen-bond donors (Lipinski definition) is 0. The third-order valence-corrected chi connectivity index (χ3v) is 4.48. The summed E-state index contributed by atoms with van der Waals surface area (Å²) in [5.74, 6) is 0.808. The third-order valence-electron chi connectivity index (χ3n) is 4.48. The van der Waals surface area contributed by atoms with Crippen LogP contribution in [-0.4, -0.2) is 64.5 Å². The van der Waals surface area contributed by atoms with Crippen molar-refractivity contribution in [3.8, 4) is 11.5 Å². The van der Waals surface area contributed by atoms with E-state index in [2.05, 4.69) is 4.90 Å². The number of carbonyl (C=O) groups excluding carboxylic acids is 1. The highest BCUT2D eigenvalue weighted by molar-refractivity contribution is 5.92. The normalized spacial score (nSPS) is 14.8. The summed E-state index contributed by atoms with van der Waals surface area (Å²) in [6.07, 6.45) is 5.64. The van der Waals surface area contributed by atoms with Crippen molar-refractivity contribution >= 4 is 5.97 Å². The minimum atomic E-state index is -0.406. The van der Waals surface area contributed by atoms with Gasteiger partial charge in [0.2, 0.25) is 0 Å². The maximum Gasteiger partial charge on any atom is 0.341 e. The quantitative estimate of drug-likeness (QED) is 0.444. The van der Waals surface area contributed by atoms with E-state index in [1.54, 1.807) is 25.3 Å². The van der Waals surface area contributed by atoms with E-state index >= 15 is 0 Å². The fourth-order valence-corrected chi connectivity index (χ4v) is 3.00. The number of hydrogen-bond acceptors (Lipinski definition) is 6. The van der Waals surface area contributed by atoms with Crippen LogP contribution in [0.15, 0.2) is 18.2 Å². The molecule has 26 heavy (non-hydrogen) atoms. The molecule has 0 N–H and O–H groups in total. The van der Waals surface area contributed by atoms with Crippen LogP contribution in [-0.2, 0) is 9.47 Å². The van der Waals surface area contributed by atoms with E-state index in [0.717, 1.165) is 32.5 Å². The van der Waals surface area contributed by atoms with Gasteiger partial charge in [0.1, 0.15) is 23.7 Å². The minimum absolute atomic E-state index is 0.406. The highest BCUT2D eigenvalue weighted by Crippen LogP contribution is 2.26. The molecule has 1 saturated heterocycles. The van der Waals surface area contributed by atoms with Gasteiger partial charge in [-0.15, -0.1) is 0 Å². The fourth-order valence-electron chi connectivity index (χ4n) is 3.00. The van der Waals surface area contributed by atoms with E-state index in [-0.39, 0.29) is 0 Å². The molecule has 0 spiro atoms. The lowest BCUT2D eigenvalue weighted by Crippen LogP contribution is -2.33. The lowest BCUT2D eigenvalue weighted by atomic mass is 10.1.